The highest BCUT2D eigenvalue weighted by Crippen LogP contribution is 2.32. The van der Waals surface area contributed by atoms with E-state index in [1.807, 2.05) is 13.1 Å². The lowest BCUT2D eigenvalue weighted by Crippen LogP contribution is -3.10. The van der Waals surface area contributed by atoms with Crippen LogP contribution in [-0.4, -0.2) is 61.1 Å². The zero-order valence-corrected chi connectivity index (χ0v) is 27.1. The molecule has 48 heavy (non-hydrogen) atoms. The lowest BCUT2D eigenvalue weighted by Gasteiger charge is -2.26. The summed E-state index contributed by atoms with van der Waals surface area (Å²) in [5.74, 6) is -4.46. The van der Waals surface area contributed by atoms with Crippen molar-refractivity contribution in [2.45, 2.75) is 76.7 Å². The topological polar surface area (TPSA) is 161 Å². The fourth-order valence-corrected chi connectivity index (χ4v) is 5.81. The second-order valence-electron chi connectivity index (χ2n) is 11.2. The predicted octanol–water partition coefficient (Wildman–Crippen LogP) is 2.32. The summed E-state index contributed by atoms with van der Waals surface area (Å²) in [5.41, 5.74) is 1.05. The zero-order chi connectivity index (χ0) is 36.1. The number of aromatic amines is 2. The van der Waals surface area contributed by atoms with Crippen LogP contribution in [0.2, 0.25) is 0 Å². The number of benzene rings is 1. The van der Waals surface area contributed by atoms with Crippen LogP contribution in [0.1, 0.15) is 70.2 Å². The molecular formula is C31H38F6N4O6S. The molecule has 1 amide bonds. The highest BCUT2D eigenvalue weighted by molar-refractivity contribution is 7.22. The largest absolute Gasteiger partial charge is 0.542 e. The molecule has 1 aliphatic rings. The first-order chi connectivity index (χ1) is 22.4. The first kappa shape index (κ1) is 40.2. The third-order valence-corrected chi connectivity index (χ3v) is 8.66. The molecule has 4 rings (SSSR count). The number of aromatic nitrogens is 2. The number of carbonyl (C=O) groups is 4. The molecule has 0 saturated carbocycles. The summed E-state index contributed by atoms with van der Waals surface area (Å²) in [6.45, 7) is 4.03. The highest BCUT2D eigenvalue weighted by Gasteiger charge is 2.31. The number of hydrogen-bond acceptors (Lipinski definition) is 7. The maximum Gasteiger partial charge on any atom is 0.430 e. The van der Waals surface area contributed by atoms with Gasteiger partial charge in [-0.2, -0.15) is 26.3 Å². The van der Waals surface area contributed by atoms with Crippen molar-refractivity contribution in [3.8, 4) is 10.6 Å². The number of Topliss-reactive ketones (excluding diaryl/α,β-unsaturated/α-hetero) is 1. The van der Waals surface area contributed by atoms with Crippen molar-refractivity contribution < 1.29 is 65.6 Å². The van der Waals surface area contributed by atoms with Crippen LogP contribution < -0.4 is 25.4 Å². The van der Waals surface area contributed by atoms with Gasteiger partial charge >= 0.3 is 12.4 Å². The molecule has 2 aromatic heterocycles. The third kappa shape index (κ3) is 13.6. The Morgan fingerprint density at radius 3 is 2.12 bits per heavy atom. The van der Waals surface area contributed by atoms with Crippen LogP contribution in [0.5, 0.6) is 0 Å². The van der Waals surface area contributed by atoms with E-state index in [0.29, 0.717) is 18.6 Å². The molecule has 17 heteroatoms. The summed E-state index contributed by atoms with van der Waals surface area (Å²) in [6, 6.07) is 10.5. The SMILES string of the molecule is CCC(=O)CCCCC[C@H](NC(=O)C1CC[NH+](C)CC1)c1[nH]c(-c2cc3ccccc3s2)c[nH+]1.O=C([O-])C(F)(F)F.O=C([O-])C(F)(F)F. The maximum atomic E-state index is 13.1. The Bertz CT molecular complexity index is 1440. The summed E-state index contributed by atoms with van der Waals surface area (Å²) in [5, 5.41) is 22.2. The molecule has 0 aliphatic carbocycles. The van der Waals surface area contributed by atoms with Gasteiger partial charge in [0.05, 0.1) is 25.0 Å². The second-order valence-corrected chi connectivity index (χ2v) is 12.3. The van der Waals surface area contributed by atoms with E-state index >= 15 is 0 Å². The fraction of sp³-hybridized carbons (Fsp3) is 0.516. The van der Waals surface area contributed by atoms with Crippen molar-refractivity contribution in [1.82, 2.24) is 10.3 Å². The molecule has 3 aromatic rings. The number of fused-ring (bicyclic) bond motifs is 1. The van der Waals surface area contributed by atoms with Gasteiger partial charge in [-0.3, -0.25) is 9.59 Å². The summed E-state index contributed by atoms with van der Waals surface area (Å²) in [6.07, 6.45) is -1.44. The van der Waals surface area contributed by atoms with E-state index in [-0.39, 0.29) is 17.9 Å². The number of alkyl halides is 6. The molecule has 0 bridgehead atoms. The van der Waals surface area contributed by atoms with E-state index < -0.39 is 24.3 Å². The van der Waals surface area contributed by atoms with Crippen LogP contribution in [-0.2, 0) is 19.2 Å². The number of piperidine rings is 1. The highest BCUT2D eigenvalue weighted by atomic mass is 32.1. The first-order valence-electron chi connectivity index (χ1n) is 15.2. The number of carbonyl (C=O) groups excluding carboxylic acids is 4. The fourth-order valence-electron chi connectivity index (χ4n) is 4.78. The molecule has 1 aliphatic heterocycles. The predicted molar refractivity (Wildman–Crippen MR) is 159 cm³/mol. The molecular weight excluding hydrogens is 670 g/mol. The van der Waals surface area contributed by atoms with E-state index in [0.717, 1.165) is 63.1 Å². The molecule has 0 spiro atoms. The number of ketones is 1. The van der Waals surface area contributed by atoms with Crippen LogP contribution in [0.25, 0.3) is 20.7 Å². The van der Waals surface area contributed by atoms with Gasteiger partial charge < -0.3 is 30.0 Å². The van der Waals surface area contributed by atoms with Crippen molar-refractivity contribution in [3.63, 3.8) is 0 Å². The number of rotatable bonds is 11. The molecule has 0 unspecified atom stereocenters. The Kier molecular flexibility index (Phi) is 15.5. The van der Waals surface area contributed by atoms with Gasteiger partial charge in [-0.25, -0.2) is 9.97 Å². The van der Waals surface area contributed by atoms with Crippen molar-refractivity contribution in [2.24, 2.45) is 5.92 Å². The normalized spacial score (nSPS) is 16.9. The average Bonchev–Trinajstić information content (AvgIpc) is 3.68. The smallest absolute Gasteiger partial charge is 0.430 e. The number of H-pyrrole nitrogens is 2. The minimum absolute atomic E-state index is 0.0792. The van der Waals surface area contributed by atoms with Crippen molar-refractivity contribution >= 4 is 45.1 Å². The van der Waals surface area contributed by atoms with E-state index in [1.54, 1.807) is 11.3 Å². The van der Waals surface area contributed by atoms with Crippen molar-refractivity contribution in [3.05, 3.63) is 42.4 Å². The van der Waals surface area contributed by atoms with Gasteiger partial charge in [0, 0.05) is 36.3 Å². The Balaban J connectivity index is 0.000000479. The van der Waals surface area contributed by atoms with Gasteiger partial charge in [-0.1, -0.05) is 38.0 Å². The third-order valence-electron chi connectivity index (χ3n) is 7.51. The average molecular weight is 709 g/mol. The number of imidazole rings is 1. The number of unbranched alkanes of at least 4 members (excludes halogenated alkanes) is 2. The van der Waals surface area contributed by atoms with Crippen LogP contribution in [0.3, 0.4) is 0 Å². The summed E-state index contributed by atoms with van der Waals surface area (Å²) in [4.78, 5) is 51.9. The molecule has 3 heterocycles. The number of halogens is 6. The minimum Gasteiger partial charge on any atom is -0.542 e. The Labute approximate surface area is 276 Å². The standard InChI is InChI=1S/C27H36N4O2S.2C2HF3O2/c1-3-21(32)10-5-4-6-11-22(30-27(33)19-13-15-31(2)16-14-19)26-28-18-23(29-26)25-17-20-9-7-8-12-24(20)34-25;2*3-2(4,5)1(6)7/h7-9,12,17-19,22H,3-6,10-11,13-16H2,1-2H3,(H,28,29)(H,30,33);2*(H,6,7)/t22-;;/m0../s1. The number of quaternary nitrogens is 1. The minimum atomic E-state index is -5.19. The molecule has 1 saturated heterocycles. The Morgan fingerprint density at radius 1 is 1.00 bits per heavy atom. The summed E-state index contributed by atoms with van der Waals surface area (Å²) in [7, 11) is 2.20. The van der Waals surface area contributed by atoms with E-state index in [2.05, 4.69) is 52.7 Å². The van der Waals surface area contributed by atoms with Gasteiger partial charge in [0.2, 0.25) is 5.91 Å². The van der Waals surface area contributed by atoms with Gasteiger partial charge in [-0.05, 0) is 30.4 Å². The summed E-state index contributed by atoms with van der Waals surface area (Å²) < 4.78 is 64.4. The van der Waals surface area contributed by atoms with Gasteiger partial charge in [0.1, 0.15) is 30.0 Å². The Hall–Kier alpha value is -3.99. The quantitative estimate of drug-likeness (QED) is 0.205. The lowest BCUT2D eigenvalue weighted by molar-refractivity contribution is -0.885. The number of carboxylic acid groups (broad SMARTS) is 2. The van der Waals surface area contributed by atoms with Crippen molar-refractivity contribution in [1.29, 1.82) is 0 Å². The molecule has 1 fully saturated rings. The Morgan fingerprint density at radius 2 is 1.58 bits per heavy atom. The van der Waals surface area contributed by atoms with E-state index in [1.165, 1.54) is 19.9 Å². The number of hydrogen-bond donors (Lipinski definition) is 3. The van der Waals surface area contributed by atoms with Crippen LogP contribution >= 0.6 is 11.3 Å². The number of nitrogens with one attached hydrogen (secondary N) is 4. The van der Waals surface area contributed by atoms with Crippen molar-refractivity contribution in [2.75, 3.05) is 20.1 Å². The van der Waals surface area contributed by atoms with Crippen LogP contribution in [0.4, 0.5) is 26.3 Å². The molecule has 1 aromatic carbocycles. The molecule has 266 valence electrons. The number of carboxylic acids is 2. The summed E-state index contributed by atoms with van der Waals surface area (Å²) >= 11 is 1.77. The number of aliphatic carboxylic acids is 2. The molecule has 1 atom stereocenters. The zero-order valence-electron chi connectivity index (χ0n) is 26.3. The first-order valence-corrected chi connectivity index (χ1v) is 16.0. The lowest BCUT2D eigenvalue weighted by atomic mass is 9.95. The van der Waals surface area contributed by atoms with Gasteiger partial charge in [0.15, 0.2) is 5.69 Å². The molecule has 0 radical (unpaired) electrons. The second kappa shape index (κ2) is 18.5. The number of likely N-dealkylation sites (tertiary alicyclic amines) is 1. The van der Waals surface area contributed by atoms with Gasteiger partial charge in [-0.15, -0.1) is 11.3 Å². The number of amides is 1. The van der Waals surface area contributed by atoms with Crippen LogP contribution in [0, 0.1) is 5.92 Å². The number of thiophene rings is 1. The molecule has 4 N–H and O–H groups in total. The maximum absolute atomic E-state index is 13.1. The van der Waals surface area contributed by atoms with E-state index in [9.17, 15) is 35.9 Å². The van der Waals surface area contributed by atoms with Crippen LogP contribution in [0.15, 0.2) is 36.5 Å². The van der Waals surface area contributed by atoms with Gasteiger partial charge in [0.25, 0.3) is 5.82 Å². The van der Waals surface area contributed by atoms with E-state index in [4.69, 9.17) is 19.8 Å². The molecule has 10 nitrogen and oxygen atoms in total. The monoisotopic (exact) mass is 708 g/mol.